The molecule has 1 unspecified atom stereocenters. The third-order valence-electron chi connectivity index (χ3n) is 18.5. The first kappa shape index (κ1) is 64.6. The summed E-state index contributed by atoms with van der Waals surface area (Å²) in [6.07, 6.45) is 0. The molecule has 17 rings (SSSR count). The molecular formula is C97H75BP. The third-order valence-corrected chi connectivity index (χ3v) is 18.5. The van der Waals surface area contributed by atoms with Crippen LogP contribution in [0.2, 0.25) is 6.82 Å². The average Bonchev–Trinajstić information content (AvgIpc) is 0.771. The fourth-order valence-electron chi connectivity index (χ4n) is 13.8. The van der Waals surface area contributed by atoms with Gasteiger partial charge in [0.25, 0.3) is 0 Å². The standard InChI is InChI=1S/C42H30.C28H22.C26H18.CH5BP/c1-4-13-31(14-5-1)34-19-10-22-37(25-34)40-28-41(38-23-11-20-35(26-38)32-15-6-2-7-16-32)30-42(29-40)39-24-12-21-36(27-39)33-17-8-3-9-18-33;1-19-15-25(21-9-5-3-6-10-21)23-13-14-24-26(22-11-7-4-8-12-22)16-20(2)18-28(24)27(23)17-19;1-3-9-19(10-4-1)21-13-7-15-23-24-16-8-14-22(20-11-5-2-6-12-20)26(24)18-17-25(21)23;1-2-3/h1-30H;3-18H,1-2H3;1-18H;3H2,1H3. The molecule has 1 atom stereocenters. The van der Waals surface area contributed by atoms with Gasteiger partial charge in [0.2, 0.25) is 0 Å². The molecule has 0 heterocycles. The van der Waals surface area contributed by atoms with Crippen LogP contribution in [0.15, 0.2) is 388 Å². The minimum atomic E-state index is 1.20. The number of benzene rings is 17. The molecule has 2 heteroatoms. The molecule has 17 aromatic carbocycles. The van der Waals surface area contributed by atoms with E-state index in [-0.39, 0.29) is 0 Å². The van der Waals surface area contributed by atoms with E-state index in [0.717, 1.165) is 0 Å². The van der Waals surface area contributed by atoms with Gasteiger partial charge in [0, 0.05) is 0 Å². The van der Waals surface area contributed by atoms with E-state index >= 15 is 0 Å². The lowest BCUT2D eigenvalue weighted by molar-refractivity contribution is 1.49. The Morgan fingerprint density at radius 1 is 0.162 bits per heavy atom. The van der Waals surface area contributed by atoms with Gasteiger partial charge in [-0.1, -0.05) is 359 Å². The Morgan fingerprint density at radius 2 is 0.364 bits per heavy atom. The highest BCUT2D eigenvalue weighted by Gasteiger charge is 2.15. The van der Waals surface area contributed by atoms with Crippen LogP contribution in [0.4, 0.5) is 0 Å². The lowest BCUT2D eigenvalue weighted by atomic mass is 9.89. The van der Waals surface area contributed by atoms with Gasteiger partial charge in [-0.25, -0.2) is 0 Å². The SMILES string of the molecule is C[B]P.Cc1cc(-c2ccccc2)c2ccc3c(-c4ccccc4)cc(C)cc3c2c1.c1ccc(-c2cccc(-c3cc(-c4cccc(-c5ccccc5)c4)cc(-c4cccc(-c5ccccc5)c4)c3)c2)cc1.c1ccc(-c2cccc3c2ccc2c(-c4ccccc4)cccc23)cc1. The van der Waals surface area contributed by atoms with Crippen molar-refractivity contribution in [2.45, 2.75) is 20.7 Å². The van der Waals surface area contributed by atoms with Crippen LogP contribution in [0, 0.1) is 13.8 Å². The molecule has 0 amide bonds. The fraction of sp³-hybridized carbons (Fsp3) is 0.0309. The van der Waals surface area contributed by atoms with Crippen LogP contribution in [0.3, 0.4) is 0 Å². The normalized spacial score (nSPS) is 10.8. The quantitative estimate of drug-likeness (QED) is 0.0727. The number of aryl methyl sites for hydroxylation is 2. The van der Waals surface area contributed by atoms with E-state index in [1.54, 1.807) is 0 Å². The van der Waals surface area contributed by atoms with Gasteiger partial charge < -0.3 is 0 Å². The van der Waals surface area contributed by atoms with Gasteiger partial charge in [-0.3, -0.25) is 0 Å². The van der Waals surface area contributed by atoms with Crippen LogP contribution < -0.4 is 0 Å². The molecule has 0 saturated carbocycles. The molecule has 1 radical (unpaired) electrons. The Labute approximate surface area is 586 Å². The first-order chi connectivity index (χ1) is 48.8. The maximum absolute atomic E-state index is 2.45. The summed E-state index contributed by atoms with van der Waals surface area (Å²) in [5.41, 5.74) is 27.4. The zero-order valence-corrected chi connectivity index (χ0v) is 57.3. The first-order valence-electron chi connectivity index (χ1n) is 34.1. The van der Waals surface area contributed by atoms with E-state index in [1.165, 1.54) is 165 Å². The Hall–Kier alpha value is -11.7. The predicted octanol–water partition coefficient (Wildman–Crippen LogP) is 27.5. The van der Waals surface area contributed by atoms with Crippen molar-refractivity contribution < 1.29 is 0 Å². The van der Waals surface area contributed by atoms with E-state index in [0.29, 0.717) is 0 Å². The molecule has 0 spiro atoms. The minimum Gasteiger partial charge on any atom is -0.178 e. The van der Waals surface area contributed by atoms with Crippen LogP contribution in [-0.4, -0.2) is 7.00 Å². The van der Waals surface area contributed by atoms with Crippen molar-refractivity contribution >= 4 is 59.2 Å². The summed E-state index contributed by atoms with van der Waals surface area (Å²) in [6.45, 7) is 8.27. The maximum atomic E-state index is 2.45. The van der Waals surface area contributed by atoms with Crippen LogP contribution in [0.25, 0.3) is 154 Å². The second-order valence-electron chi connectivity index (χ2n) is 25.2. The van der Waals surface area contributed by atoms with Gasteiger partial charge in [0.15, 0.2) is 0 Å². The summed E-state index contributed by atoms with van der Waals surface area (Å²) in [5.74, 6) is 0. The van der Waals surface area contributed by atoms with Crippen molar-refractivity contribution in [1.82, 2.24) is 0 Å². The second-order valence-corrected chi connectivity index (χ2v) is 25.9. The topological polar surface area (TPSA) is 0 Å². The van der Waals surface area contributed by atoms with Crippen LogP contribution in [0.5, 0.6) is 0 Å². The molecule has 0 saturated heterocycles. The number of hydrogen-bond donors (Lipinski definition) is 0. The van der Waals surface area contributed by atoms with E-state index in [2.05, 4.69) is 411 Å². The van der Waals surface area contributed by atoms with Crippen LogP contribution in [-0.2, 0) is 0 Å². The molecule has 0 aliphatic rings. The average molecular weight is 1280 g/mol. The molecule has 99 heavy (non-hydrogen) atoms. The summed E-state index contributed by atoms with van der Waals surface area (Å²) >= 11 is 0. The van der Waals surface area contributed by atoms with Crippen molar-refractivity contribution in [3.05, 3.63) is 399 Å². The Bertz CT molecular complexity index is 5140. The van der Waals surface area contributed by atoms with Gasteiger partial charge in [0.05, 0.1) is 0 Å². The minimum absolute atomic E-state index is 1.20. The van der Waals surface area contributed by atoms with Crippen molar-refractivity contribution in [3.63, 3.8) is 0 Å². The number of hydrogen-bond acceptors (Lipinski definition) is 0. The van der Waals surface area contributed by atoms with Crippen LogP contribution in [0.1, 0.15) is 11.1 Å². The number of rotatable bonds is 10. The molecule has 0 bridgehead atoms. The lowest BCUT2D eigenvalue weighted by Gasteiger charge is -2.15. The van der Waals surface area contributed by atoms with Crippen molar-refractivity contribution in [2.24, 2.45) is 0 Å². The summed E-state index contributed by atoms with van der Waals surface area (Å²) in [5, 5.41) is 10.5. The van der Waals surface area contributed by atoms with Gasteiger partial charge in [-0.15, -0.1) is 0 Å². The molecule has 0 aliphatic heterocycles. The summed E-state index contributed by atoms with van der Waals surface area (Å²) in [6, 6.07) is 140. The molecule has 0 nitrogen and oxygen atoms in total. The van der Waals surface area contributed by atoms with Gasteiger partial charge in [0.1, 0.15) is 7.00 Å². The van der Waals surface area contributed by atoms with Crippen molar-refractivity contribution in [3.8, 4) is 111 Å². The molecule has 0 N–H and O–H groups in total. The molecule has 0 fully saturated rings. The third kappa shape index (κ3) is 14.7. The number of fused-ring (bicyclic) bond motifs is 6. The Kier molecular flexibility index (Phi) is 19.9. The zero-order valence-electron chi connectivity index (χ0n) is 56.1. The molecular weight excluding hydrogens is 1210 g/mol. The van der Waals surface area contributed by atoms with E-state index in [1.807, 2.05) is 13.8 Å². The molecule has 0 aromatic heterocycles. The Balaban J connectivity index is 0.000000129. The highest BCUT2D eigenvalue weighted by atomic mass is 31.0. The van der Waals surface area contributed by atoms with E-state index < -0.39 is 0 Å². The van der Waals surface area contributed by atoms with Crippen molar-refractivity contribution in [1.29, 1.82) is 0 Å². The van der Waals surface area contributed by atoms with Gasteiger partial charge >= 0.3 is 0 Å². The summed E-state index contributed by atoms with van der Waals surface area (Å²) < 4.78 is 0. The van der Waals surface area contributed by atoms with E-state index in [4.69, 9.17) is 0 Å². The summed E-state index contributed by atoms with van der Waals surface area (Å²) in [7, 11) is 2.45. The molecule has 471 valence electrons. The highest BCUT2D eigenvalue weighted by molar-refractivity contribution is 7.55. The lowest BCUT2D eigenvalue weighted by Crippen LogP contribution is -1.89. The second kappa shape index (κ2) is 30.6. The van der Waals surface area contributed by atoms with Gasteiger partial charge in [-0.2, -0.15) is 9.12 Å². The first-order valence-corrected chi connectivity index (χ1v) is 34.8. The zero-order chi connectivity index (χ0) is 67.3. The predicted molar refractivity (Wildman–Crippen MR) is 435 cm³/mol. The monoisotopic (exact) mass is 1280 g/mol. The Morgan fingerprint density at radius 3 is 0.636 bits per heavy atom. The molecule has 17 aromatic rings. The van der Waals surface area contributed by atoms with Crippen molar-refractivity contribution in [2.75, 3.05) is 0 Å². The fourth-order valence-corrected chi connectivity index (χ4v) is 13.8. The van der Waals surface area contributed by atoms with Gasteiger partial charge in [-0.05, 0) is 216 Å². The van der Waals surface area contributed by atoms with Crippen LogP contribution >= 0.6 is 9.12 Å². The van der Waals surface area contributed by atoms with E-state index in [9.17, 15) is 0 Å². The summed E-state index contributed by atoms with van der Waals surface area (Å²) in [4.78, 5) is 0. The highest BCUT2D eigenvalue weighted by Crippen LogP contribution is 2.42. The smallest absolute Gasteiger partial charge is 0.134 e. The largest absolute Gasteiger partial charge is 0.178 e. The molecule has 0 aliphatic carbocycles. The maximum Gasteiger partial charge on any atom is 0.134 e.